The summed E-state index contributed by atoms with van der Waals surface area (Å²) in [4.78, 5) is 12.4. The van der Waals surface area contributed by atoms with Gasteiger partial charge in [0.25, 0.3) is 0 Å². The molecule has 172 valence electrons. The van der Waals surface area contributed by atoms with Gasteiger partial charge in [-0.2, -0.15) is 0 Å². The summed E-state index contributed by atoms with van der Waals surface area (Å²) in [6.07, 6.45) is 20.3. The first-order valence-electron chi connectivity index (χ1n) is 12.1. The Kier molecular flexibility index (Phi) is 11.6. The first kappa shape index (κ1) is 25.6. The molecule has 0 unspecified atom stereocenters. The second-order valence-corrected chi connectivity index (χ2v) is 8.58. The van der Waals surface area contributed by atoms with Crippen LogP contribution >= 0.6 is 0 Å². The highest BCUT2D eigenvalue weighted by molar-refractivity contribution is 6.43. The van der Waals surface area contributed by atoms with Crippen LogP contribution in [0.4, 0.5) is 0 Å². The van der Waals surface area contributed by atoms with E-state index in [0.717, 1.165) is 80.7 Å². The monoisotopic (exact) mass is 431 g/mol. The van der Waals surface area contributed by atoms with E-state index in [0.29, 0.717) is 6.54 Å². The summed E-state index contributed by atoms with van der Waals surface area (Å²) >= 11 is 0. The van der Waals surface area contributed by atoms with Crippen molar-refractivity contribution in [3.8, 4) is 0 Å². The first-order valence-corrected chi connectivity index (χ1v) is 12.1. The predicted molar refractivity (Wildman–Crippen MR) is 142 cm³/mol. The first-order chi connectivity index (χ1) is 15.6. The lowest BCUT2D eigenvalue weighted by Crippen LogP contribution is -2.21. The number of likely N-dealkylation sites (tertiary alicyclic amines) is 1. The van der Waals surface area contributed by atoms with Crippen molar-refractivity contribution in [1.82, 2.24) is 4.90 Å². The molecule has 0 spiro atoms. The number of rotatable bonds is 13. The van der Waals surface area contributed by atoms with Crippen molar-refractivity contribution in [3.63, 3.8) is 0 Å². The molecule has 0 radical (unpaired) electrons. The minimum absolute atomic E-state index is 0.641. The van der Waals surface area contributed by atoms with Gasteiger partial charge in [-0.1, -0.05) is 44.0 Å². The van der Waals surface area contributed by atoms with Crippen molar-refractivity contribution in [2.45, 2.75) is 71.6 Å². The average Bonchev–Trinajstić information content (AvgIpc) is 3.34. The van der Waals surface area contributed by atoms with E-state index in [1.54, 1.807) is 0 Å². The summed E-state index contributed by atoms with van der Waals surface area (Å²) in [6, 6.07) is 0. The van der Waals surface area contributed by atoms with Gasteiger partial charge in [-0.15, -0.1) is 5.73 Å². The molecule has 0 aromatic rings. The van der Waals surface area contributed by atoms with Crippen molar-refractivity contribution in [2.24, 2.45) is 9.98 Å². The maximum absolute atomic E-state index is 5.09. The van der Waals surface area contributed by atoms with E-state index in [1.807, 2.05) is 12.2 Å². The van der Waals surface area contributed by atoms with Gasteiger partial charge in [0, 0.05) is 18.8 Å². The molecule has 32 heavy (non-hydrogen) atoms. The van der Waals surface area contributed by atoms with E-state index in [2.05, 4.69) is 62.4 Å². The summed E-state index contributed by atoms with van der Waals surface area (Å²) in [5.41, 5.74) is 9.77. The van der Waals surface area contributed by atoms with Crippen LogP contribution in [-0.4, -0.2) is 36.0 Å². The lowest BCUT2D eigenvalue weighted by Gasteiger charge is -2.22. The quantitative estimate of drug-likeness (QED) is 0.128. The Hall–Kier alpha value is -2.64. The van der Waals surface area contributed by atoms with Gasteiger partial charge in [-0.05, 0) is 88.9 Å². The fourth-order valence-corrected chi connectivity index (χ4v) is 4.07. The molecule has 0 aromatic carbocycles. The molecule has 2 aliphatic rings. The number of allylic oxidation sites excluding steroid dienone is 6. The van der Waals surface area contributed by atoms with Crippen LogP contribution in [0.3, 0.4) is 0 Å². The largest absolute Gasteiger partial charge is 0.372 e. The van der Waals surface area contributed by atoms with Gasteiger partial charge < -0.3 is 4.90 Å². The SMILES string of the molecule is C=C=C(C)CCCCC1=N/C(=C/C(=C\C=C)C(=C)N2CCCC2)CN=C1CCC/C=C\C. The molecule has 0 bridgehead atoms. The third-order valence-electron chi connectivity index (χ3n) is 6.02. The highest BCUT2D eigenvalue weighted by atomic mass is 15.1. The van der Waals surface area contributed by atoms with Gasteiger partial charge >= 0.3 is 0 Å². The maximum atomic E-state index is 5.09. The van der Waals surface area contributed by atoms with E-state index in [9.17, 15) is 0 Å². The Morgan fingerprint density at radius 2 is 1.88 bits per heavy atom. The van der Waals surface area contributed by atoms with Crippen LogP contribution in [0.1, 0.15) is 71.6 Å². The van der Waals surface area contributed by atoms with Gasteiger partial charge in [0.2, 0.25) is 0 Å². The van der Waals surface area contributed by atoms with Crippen LogP contribution in [0, 0.1) is 0 Å². The summed E-state index contributed by atoms with van der Waals surface area (Å²) < 4.78 is 0. The molecule has 0 atom stereocenters. The predicted octanol–water partition coefficient (Wildman–Crippen LogP) is 7.53. The van der Waals surface area contributed by atoms with Crippen LogP contribution < -0.4 is 0 Å². The third-order valence-corrected chi connectivity index (χ3v) is 6.02. The molecule has 0 saturated carbocycles. The van der Waals surface area contributed by atoms with Gasteiger partial charge in [0.1, 0.15) is 0 Å². The van der Waals surface area contributed by atoms with Gasteiger partial charge in [0.15, 0.2) is 0 Å². The third kappa shape index (κ3) is 8.48. The van der Waals surface area contributed by atoms with Crippen LogP contribution in [0.5, 0.6) is 0 Å². The van der Waals surface area contributed by atoms with E-state index >= 15 is 0 Å². The second kappa shape index (κ2) is 14.4. The molecular formula is C29H41N3. The number of aliphatic imine (C=N–C) groups is 2. The Labute approximate surface area is 196 Å². The summed E-state index contributed by atoms with van der Waals surface area (Å²) in [5, 5.41) is 0. The summed E-state index contributed by atoms with van der Waals surface area (Å²) in [7, 11) is 0. The molecule has 2 aliphatic heterocycles. The molecule has 1 fully saturated rings. The molecule has 3 heteroatoms. The van der Waals surface area contributed by atoms with Crippen LogP contribution in [0.25, 0.3) is 0 Å². The van der Waals surface area contributed by atoms with E-state index < -0.39 is 0 Å². The lowest BCUT2D eigenvalue weighted by atomic mass is 10.00. The Morgan fingerprint density at radius 3 is 2.56 bits per heavy atom. The standard InChI is InChI=1S/C29H41N3/c1-6-9-10-11-18-28-29(19-13-12-17-24(4)8-3)31-27(23-30-28)22-26(16-7-2)25(5)32-20-14-15-21-32/h6-7,9,16,22H,2-3,5,10-15,17-21,23H2,1,4H3/b9-6-,26-16+,27-22+. The number of nitrogens with zero attached hydrogens (tertiary/aromatic N) is 3. The fraction of sp³-hybridized carbons (Fsp3) is 0.483. The van der Waals surface area contributed by atoms with Crippen LogP contribution in [0.15, 0.2) is 88.4 Å². The molecule has 0 N–H and O–H groups in total. The van der Waals surface area contributed by atoms with Crippen molar-refractivity contribution in [2.75, 3.05) is 19.6 Å². The smallest absolute Gasteiger partial charge is 0.0816 e. The van der Waals surface area contributed by atoms with E-state index in [4.69, 9.17) is 9.98 Å². The topological polar surface area (TPSA) is 28.0 Å². The zero-order valence-electron chi connectivity index (χ0n) is 20.3. The van der Waals surface area contributed by atoms with Crippen molar-refractivity contribution < 1.29 is 0 Å². The van der Waals surface area contributed by atoms with Crippen molar-refractivity contribution >= 4 is 11.4 Å². The zero-order valence-corrected chi connectivity index (χ0v) is 20.3. The lowest BCUT2D eigenvalue weighted by molar-refractivity contribution is 0.438. The Bertz CT molecular complexity index is 851. The van der Waals surface area contributed by atoms with Crippen LogP contribution in [-0.2, 0) is 0 Å². The molecule has 1 saturated heterocycles. The molecule has 0 aromatic heterocycles. The molecular weight excluding hydrogens is 390 g/mol. The second-order valence-electron chi connectivity index (χ2n) is 8.58. The Morgan fingerprint density at radius 1 is 1.12 bits per heavy atom. The van der Waals surface area contributed by atoms with Crippen molar-refractivity contribution in [3.05, 3.63) is 78.4 Å². The summed E-state index contributed by atoms with van der Waals surface area (Å²) in [5.74, 6) is 0. The molecule has 0 amide bonds. The molecule has 3 nitrogen and oxygen atoms in total. The van der Waals surface area contributed by atoms with Gasteiger partial charge in [0.05, 0.1) is 23.7 Å². The van der Waals surface area contributed by atoms with Gasteiger partial charge in [-0.25, -0.2) is 0 Å². The zero-order chi connectivity index (χ0) is 23.2. The number of hydrogen-bond acceptors (Lipinski definition) is 3. The van der Waals surface area contributed by atoms with Crippen molar-refractivity contribution in [1.29, 1.82) is 0 Å². The van der Waals surface area contributed by atoms with Gasteiger partial charge in [-0.3, -0.25) is 9.98 Å². The fourth-order valence-electron chi connectivity index (χ4n) is 4.07. The van der Waals surface area contributed by atoms with Crippen LogP contribution in [0.2, 0.25) is 0 Å². The summed E-state index contributed by atoms with van der Waals surface area (Å²) in [6.45, 7) is 19.0. The highest BCUT2D eigenvalue weighted by Crippen LogP contribution is 2.24. The number of unbranched alkanes of at least 4 members (excludes halogenated alkanes) is 2. The van der Waals surface area contributed by atoms with E-state index in [-0.39, 0.29) is 0 Å². The minimum atomic E-state index is 0.641. The van der Waals surface area contributed by atoms with E-state index in [1.165, 1.54) is 24.1 Å². The maximum Gasteiger partial charge on any atom is 0.0816 e. The molecule has 2 rings (SSSR count). The molecule has 2 heterocycles. The average molecular weight is 432 g/mol. The highest BCUT2D eigenvalue weighted by Gasteiger charge is 2.18. The normalized spacial score (nSPS) is 18.0. The molecule has 0 aliphatic carbocycles. The Balaban J connectivity index is 2.14. The number of hydrogen-bond donors (Lipinski definition) is 0. The minimum Gasteiger partial charge on any atom is -0.372 e.